The van der Waals surface area contributed by atoms with Crippen LogP contribution in [0.1, 0.15) is 5.56 Å². The molecule has 30 heavy (non-hydrogen) atoms. The summed E-state index contributed by atoms with van der Waals surface area (Å²) in [7, 11) is 3.88. The predicted octanol–water partition coefficient (Wildman–Crippen LogP) is 3.06. The van der Waals surface area contributed by atoms with Crippen molar-refractivity contribution in [2.24, 2.45) is 4.99 Å². The minimum atomic E-state index is -0.200. The second-order valence-corrected chi connectivity index (χ2v) is 7.07. The molecule has 0 aromatic heterocycles. The number of carbonyl (C=O) groups excluding carboxylic acids is 1. The van der Waals surface area contributed by atoms with Crippen LogP contribution in [0.4, 0.5) is 5.69 Å². The third-order valence-electron chi connectivity index (χ3n) is 4.48. The zero-order valence-electron chi connectivity index (χ0n) is 17.0. The minimum absolute atomic E-state index is 0.0535. The van der Waals surface area contributed by atoms with Gasteiger partial charge in [0.1, 0.15) is 22.9 Å². The Bertz CT molecular complexity index is 1060. The first kappa shape index (κ1) is 21.1. The summed E-state index contributed by atoms with van der Waals surface area (Å²) in [5, 5.41) is 24.6. The molecule has 156 valence electrons. The minimum Gasteiger partial charge on any atom is -0.507 e. The van der Waals surface area contributed by atoms with Gasteiger partial charge in [-0.05, 0) is 55.2 Å². The Morgan fingerprint density at radius 3 is 2.63 bits per heavy atom. The molecule has 0 saturated carbocycles. The quantitative estimate of drug-likeness (QED) is 0.499. The fourth-order valence-electron chi connectivity index (χ4n) is 2.86. The van der Waals surface area contributed by atoms with Gasteiger partial charge in [-0.3, -0.25) is 9.79 Å². The SMILES string of the molecule is CN(C)CCNC(=O)COc1ccc2ccc(O)c(C=Nc3ccccc3O)c2c1. The number of nitrogens with zero attached hydrogens (tertiary/aromatic N) is 2. The van der Waals surface area contributed by atoms with Crippen molar-refractivity contribution in [3.05, 3.63) is 60.2 Å². The number of aliphatic imine (C=N–C) groups is 1. The number of rotatable bonds is 8. The van der Waals surface area contributed by atoms with E-state index in [0.29, 0.717) is 23.5 Å². The summed E-state index contributed by atoms with van der Waals surface area (Å²) in [4.78, 5) is 18.2. The van der Waals surface area contributed by atoms with E-state index in [1.54, 1.807) is 48.5 Å². The van der Waals surface area contributed by atoms with Crippen molar-refractivity contribution in [3.63, 3.8) is 0 Å². The van der Waals surface area contributed by atoms with Crippen molar-refractivity contribution in [2.75, 3.05) is 33.8 Å². The lowest BCUT2D eigenvalue weighted by Gasteiger charge is -2.12. The lowest BCUT2D eigenvalue weighted by molar-refractivity contribution is -0.123. The number of likely N-dealkylation sites (N-methyl/N-ethyl adjacent to an activating group) is 1. The maximum Gasteiger partial charge on any atom is 0.257 e. The summed E-state index contributed by atoms with van der Waals surface area (Å²) in [6.45, 7) is 1.20. The molecule has 3 aromatic carbocycles. The van der Waals surface area contributed by atoms with Crippen LogP contribution >= 0.6 is 0 Å². The van der Waals surface area contributed by atoms with Gasteiger partial charge in [0, 0.05) is 24.9 Å². The van der Waals surface area contributed by atoms with Gasteiger partial charge < -0.3 is 25.2 Å². The monoisotopic (exact) mass is 407 g/mol. The molecule has 0 unspecified atom stereocenters. The van der Waals surface area contributed by atoms with E-state index >= 15 is 0 Å². The van der Waals surface area contributed by atoms with Crippen LogP contribution in [0.3, 0.4) is 0 Å². The lowest BCUT2D eigenvalue weighted by atomic mass is 10.0. The molecule has 0 fully saturated rings. The maximum absolute atomic E-state index is 11.9. The number of fused-ring (bicyclic) bond motifs is 1. The predicted molar refractivity (Wildman–Crippen MR) is 118 cm³/mol. The molecular weight excluding hydrogens is 382 g/mol. The number of ether oxygens (including phenoxy) is 1. The number of para-hydroxylation sites is 2. The third-order valence-corrected chi connectivity index (χ3v) is 4.48. The normalized spacial score (nSPS) is 11.3. The first-order chi connectivity index (χ1) is 14.4. The third kappa shape index (κ3) is 5.48. The zero-order valence-corrected chi connectivity index (χ0v) is 17.0. The Morgan fingerprint density at radius 1 is 1.10 bits per heavy atom. The van der Waals surface area contributed by atoms with Crippen LogP contribution < -0.4 is 10.1 Å². The number of phenols is 2. The fourth-order valence-corrected chi connectivity index (χ4v) is 2.86. The highest BCUT2D eigenvalue weighted by Gasteiger charge is 2.09. The number of nitrogens with one attached hydrogen (secondary N) is 1. The standard InChI is InChI=1S/C23H25N3O4/c1-26(2)12-11-24-23(29)15-30-17-9-7-16-8-10-21(27)19(18(16)13-17)14-25-20-5-3-4-6-22(20)28/h3-10,13-14,27-28H,11-12,15H2,1-2H3,(H,24,29). The van der Waals surface area contributed by atoms with Gasteiger partial charge >= 0.3 is 0 Å². The first-order valence-corrected chi connectivity index (χ1v) is 9.56. The molecule has 3 N–H and O–H groups in total. The molecular formula is C23H25N3O4. The molecule has 0 heterocycles. The molecule has 0 spiro atoms. The van der Waals surface area contributed by atoms with Crippen molar-refractivity contribution >= 4 is 28.6 Å². The van der Waals surface area contributed by atoms with Crippen molar-refractivity contribution in [2.45, 2.75) is 0 Å². The van der Waals surface area contributed by atoms with Crippen LogP contribution in [-0.4, -0.2) is 61.0 Å². The van der Waals surface area contributed by atoms with Crippen molar-refractivity contribution < 1.29 is 19.7 Å². The molecule has 7 nitrogen and oxygen atoms in total. The largest absolute Gasteiger partial charge is 0.507 e. The van der Waals surface area contributed by atoms with Gasteiger partial charge in [0.15, 0.2) is 6.61 Å². The van der Waals surface area contributed by atoms with Crippen LogP contribution in [0.15, 0.2) is 59.6 Å². The molecule has 1 amide bonds. The molecule has 0 saturated heterocycles. The van der Waals surface area contributed by atoms with Gasteiger partial charge in [-0.2, -0.15) is 0 Å². The zero-order chi connectivity index (χ0) is 21.5. The second kappa shape index (κ2) is 9.76. The van der Waals surface area contributed by atoms with Gasteiger partial charge in [-0.15, -0.1) is 0 Å². The van der Waals surface area contributed by atoms with E-state index in [1.807, 2.05) is 25.1 Å². The summed E-state index contributed by atoms with van der Waals surface area (Å²) in [6, 6.07) is 15.5. The number of phenolic OH excluding ortho intramolecular Hbond substituents is 2. The molecule has 0 aliphatic carbocycles. The number of hydrogen-bond acceptors (Lipinski definition) is 6. The van der Waals surface area contributed by atoms with Crippen LogP contribution in [0, 0.1) is 0 Å². The summed E-state index contributed by atoms with van der Waals surface area (Å²) < 4.78 is 5.62. The number of aromatic hydroxyl groups is 2. The highest BCUT2D eigenvalue weighted by Crippen LogP contribution is 2.31. The van der Waals surface area contributed by atoms with E-state index in [4.69, 9.17) is 4.74 Å². The Labute approximate surface area is 175 Å². The Hall–Kier alpha value is -3.58. The molecule has 7 heteroatoms. The average Bonchev–Trinajstić information content (AvgIpc) is 2.72. The number of benzene rings is 3. The van der Waals surface area contributed by atoms with Gasteiger partial charge in [0.25, 0.3) is 5.91 Å². The molecule has 0 radical (unpaired) electrons. The van der Waals surface area contributed by atoms with E-state index in [-0.39, 0.29) is 24.0 Å². The number of hydrogen-bond donors (Lipinski definition) is 3. The Balaban J connectivity index is 1.78. The molecule has 3 rings (SSSR count). The van der Waals surface area contributed by atoms with E-state index in [1.165, 1.54) is 6.21 Å². The number of carbonyl (C=O) groups is 1. The molecule has 0 aliphatic heterocycles. The molecule has 3 aromatic rings. The maximum atomic E-state index is 11.9. The first-order valence-electron chi connectivity index (χ1n) is 9.56. The Morgan fingerprint density at radius 2 is 1.87 bits per heavy atom. The average molecular weight is 407 g/mol. The van der Waals surface area contributed by atoms with E-state index in [2.05, 4.69) is 10.3 Å². The van der Waals surface area contributed by atoms with Gasteiger partial charge in [-0.25, -0.2) is 0 Å². The topological polar surface area (TPSA) is 94.4 Å². The fraction of sp³-hybridized carbons (Fsp3) is 0.217. The Kier molecular flexibility index (Phi) is 6.87. The summed E-state index contributed by atoms with van der Waals surface area (Å²) in [5.41, 5.74) is 0.896. The molecule has 0 bridgehead atoms. The van der Waals surface area contributed by atoms with Crippen LogP contribution in [0.5, 0.6) is 17.2 Å². The molecule has 0 atom stereocenters. The van der Waals surface area contributed by atoms with E-state index in [0.717, 1.165) is 17.3 Å². The smallest absolute Gasteiger partial charge is 0.257 e. The van der Waals surface area contributed by atoms with Crippen LogP contribution in [0.25, 0.3) is 10.8 Å². The van der Waals surface area contributed by atoms with Crippen molar-refractivity contribution in [1.82, 2.24) is 10.2 Å². The molecule has 0 aliphatic rings. The van der Waals surface area contributed by atoms with Crippen molar-refractivity contribution in [3.8, 4) is 17.2 Å². The summed E-state index contributed by atoms with van der Waals surface area (Å²) in [6.07, 6.45) is 1.50. The van der Waals surface area contributed by atoms with E-state index in [9.17, 15) is 15.0 Å². The van der Waals surface area contributed by atoms with Crippen molar-refractivity contribution in [1.29, 1.82) is 0 Å². The van der Waals surface area contributed by atoms with E-state index < -0.39 is 0 Å². The van der Waals surface area contributed by atoms with Gasteiger partial charge in [-0.1, -0.05) is 24.3 Å². The van der Waals surface area contributed by atoms with Gasteiger partial charge in [0.2, 0.25) is 0 Å². The highest BCUT2D eigenvalue weighted by molar-refractivity contribution is 6.03. The summed E-state index contributed by atoms with van der Waals surface area (Å²) in [5.74, 6) is 0.417. The van der Waals surface area contributed by atoms with Crippen LogP contribution in [0.2, 0.25) is 0 Å². The second-order valence-electron chi connectivity index (χ2n) is 7.07. The number of amides is 1. The highest BCUT2D eigenvalue weighted by atomic mass is 16.5. The van der Waals surface area contributed by atoms with Crippen LogP contribution in [-0.2, 0) is 4.79 Å². The lowest BCUT2D eigenvalue weighted by Crippen LogP contribution is -2.34. The van der Waals surface area contributed by atoms with Gasteiger partial charge in [0.05, 0.1) is 0 Å². The summed E-state index contributed by atoms with van der Waals surface area (Å²) >= 11 is 0.